The van der Waals surface area contributed by atoms with Gasteiger partial charge in [-0.2, -0.15) is 4.31 Å². The Hall–Kier alpha value is -2.71. The molecule has 1 aliphatic heterocycles. The van der Waals surface area contributed by atoms with Crippen molar-refractivity contribution >= 4 is 21.9 Å². The summed E-state index contributed by atoms with van der Waals surface area (Å²) in [5.41, 5.74) is 1.64. The van der Waals surface area contributed by atoms with Gasteiger partial charge in [-0.15, -0.1) is 0 Å². The lowest BCUT2D eigenvalue weighted by atomic mass is 10.1. The Labute approximate surface area is 190 Å². The second kappa shape index (κ2) is 10.3. The summed E-state index contributed by atoms with van der Waals surface area (Å²) in [7, 11) is -2.04. The Kier molecular flexibility index (Phi) is 7.69. The van der Waals surface area contributed by atoms with Gasteiger partial charge < -0.3 is 9.64 Å². The van der Waals surface area contributed by atoms with Crippen LogP contribution >= 0.6 is 0 Å². The fourth-order valence-corrected chi connectivity index (χ4v) is 5.54. The minimum atomic E-state index is -3.69. The Morgan fingerprint density at radius 1 is 1.06 bits per heavy atom. The van der Waals surface area contributed by atoms with Gasteiger partial charge in [0, 0.05) is 26.7 Å². The molecular weight excluding hydrogens is 428 g/mol. The van der Waals surface area contributed by atoms with Crippen LogP contribution in [0.4, 0.5) is 0 Å². The molecule has 0 aliphatic carbocycles. The molecule has 7 nitrogen and oxygen atoms in total. The van der Waals surface area contributed by atoms with E-state index in [0.29, 0.717) is 25.2 Å². The topological polar surface area (TPSA) is 84.0 Å². The van der Waals surface area contributed by atoms with Crippen LogP contribution in [0.1, 0.15) is 47.7 Å². The number of carbonyl (C=O) groups excluding carboxylic acids is 2. The number of piperidine rings is 1. The van der Waals surface area contributed by atoms with Crippen molar-refractivity contribution in [1.82, 2.24) is 9.21 Å². The molecule has 1 fully saturated rings. The van der Waals surface area contributed by atoms with Gasteiger partial charge in [-0.3, -0.25) is 4.79 Å². The molecule has 0 bridgehead atoms. The van der Waals surface area contributed by atoms with Crippen LogP contribution in [0.25, 0.3) is 0 Å². The van der Waals surface area contributed by atoms with E-state index in [-0.39, 0.29) is 16.4 Å². The molecule has 2 aromatic carbocycles. The number of esters is 1. The van der Waals surface area contributed by atoms with Crippen molar-refractivity contribution in [2.24, 2.45) is 0 Å². The number of aryl methyl sites for hydroxylation is 1. The number of benzene rings is 2. The first-order valence-corrected chi connectivity index (χ1v) is 12.2. The lowest BCUT2D eigenvalue weighted by Crippen LogP contribution is -2.37. The summed E-state index contributed by atoms with van der Waals surface area (Å²) >= 11 is 0. The van der Waals surface area contributed by atoms with E-state index in [0.717, 1.165) is 24.8 Å². The molecule has 0 aromatic heterocycles. The second-order valence-corrected chi connectivity index (χ2v) is 10.1. The highest BCUT2D eigenvalue weighted by atomic mass is 32.2. The smallest absolute Gasteiger partial charge is 0.338 e. The first kappa shape index (κ1) is 23.9. The number of amides is 1. The number of hydrogen-bond donors (Lipinski definition) is 0. The van der Waals surface area contributed by atoms with Crippen molar-refractivity contribution < 1.29 is 22.7 Å². The average molecular weight is 459 g/mol. The molecule has 0 spiro atoms. The molecular formula is C24H30N2O5S. The average Bonchev–Trinajstić information content (AvgIpc) is 2.79. The van der Waals surface area contributed by atoms with Crippen LogP contribution in [0.2, 0.25) is 0 Å². The van der Waals surface area contributed by atoms with Crippen molar-refractivity contribution in [2.45, 2.75) is 50.7 Å². The van der Waals surface area contributed by atoms with E-state index >= 15 is 0 Å². The van der Waals surface area contributed by atoms with Gasteiger partial charge in [-0.05, 0) is 49.9 Å². The number of rotatable bonds is 7. The normalized spacial score (nSPS) is 15.7. The quantitative estimate of drug-likeness (QED) is 0.594. The summed E-state index contributed by atoms with van der Waals surface area (Å²) in [6.45, 7) is 4.58. The van der Waals surface area contributed by atoms with Gasteiger partial charge in [0.1, 0.15) is 0 Å². The molecule has 3 rings (SSSR count). The number of nitrogens with zero attached hydrogens (tertiary/aromatic N) is 2. The van der Waals surface area contributed by atoms with Crippen LogP contribution in [-0.4, -0.2) is 55.7 Å². The van der Waals surface area contributed by atoms with Gasteiger partial charge in [0.25, 0.3) is 5.91 Å². The summed E-state index contributed by atoms with van der Waals surface area (Å²) in [4.78, 5) is 27.0. The van der Waals surface area contributed by atoms with Crippen LogP contribution < -0.4 is 0 Å². The highest BCUT2D eigenvalue weighted by molar-refractivity contribution is 7.89. The van der Waals surface area contributed by atoms with E-state index in [1.54, 1.807) is 20.0 Å². The molecule has 1 unspecified atom stereocenters. The SMILES string of the molecule is Cc1ccc(C(=O)OC(C)C(=O)N(C)Cc2ccccc2)cc1S(=O)(=O)N1CCCCC1. The van der Waals surface area contributed by atoms with E-state index in [2.05, 4.69) is 0 Å². The maximum Gasteiger partial charge on any atom is 0.338 e. The Balaban J connectivity index is 1.70. The maximum atomic E-state index is 13.1. The summed E-state index contributed by atoms with van der Waals surface area (Å²) in [6.07, 6.45) is 1.67. The lowest BCUT2D eigenvalue weighted by Gasteiger charge is -2.26. The molecule has 1 atom stereocenters. The largest absolute Gasteiger partial charge is 0.449 e. The zero-order valence-corrected chi connectivity index (χ0v) is 19.6. The number of carbonyl (C=O) groups is 2. The summed E-state index contributed by atoms with van der Waals surface area (Å²) in [6, 6.07) is 14.0. The Morgan fingerprint density at radius 2 is 1.72 bits per heavy atom. The molecule has 0 saturated carbocycles. The highest BCUT2D eigenvalue weighted by Crippen LogP contribution is 2.25. The molecule has 1 amide bonds. The molecule has 1 heterocycles. The van der Waals surface area contributed by atoms with Crippen molar-refractivity contribution in [2.75, 3.05) is 20.1 Å². The van der Waals surface area contributed by atoms with E-state index in [4.69, 9.17) is 4.74 Å². The summed E-state index contributed by atoms with van der Waals surface area (Å²) in [5, 5.41) is 0. The monoisotopic (exact) mass is 458 g/mol. The molecule has 8 heteroatoms. The van der Waals surface area contributed by atoms with Crippen LogP contribution in [0.15, 0.2) is 53.4 Å². The van der Waals surface area contributed by atoms with Gasteiger partial charge in [0.2, 0.25) is 10.0 Å². The van der Waals surface area contributed by atoms with Crippen LogP contribution in [0.3, 0.4) is 0 Å². The molecule has 172 valence electrons. The zero-order chi connectivity index (χ0) is 23.3. The lowest BCUT2D eigenvalue weighted by molar-refractivity contribution is -0.139. The number of ether oxygens (including phenoxy) is 1. The van der Waals surface area contributed by atoms with Gasteiger partial charge in [0.05, 0.1) is 10.5 Å². The van der Waals surface area contributed by atoms with Crippen LogP contribution in [0, 0.1) is 6.92 Å². The minimum absolute atomic E-state index is 0.106. The third kappa shape index (κ3) is 5.55. The molecule has 2 aromatic rings. The van der Waals surface area contributed by atoms with E-state index < -0.39 is 22.1 Å². The Morgan fingerprint density at radius 3 is 2.38 bits per heavy atom. The Bertz CT molecular complexity index is 1060. The first-order chi connectivity index (χ1) is 15.2. The number of hydrogen-bond acceptors (Lipinski definition) is 5. The third-order valence-electron chi connectivity index (χ3n) is 5.63. The minimum Gasteiger partial charge on any atom is -0.449 e. The maximum absolute atomic E-state index is 13.1. The zero-order valence-electron chi connectivity index (χ0n) is 18.8. The molecule has 1 aliphatic rings. The van der Waals surface area contributed by atoms with Crippen LogP contribution in [0.5, 0.6) is 0 Å². The van der Waals surface area contributed by atoms with Crippen molar-refractivity contribution in [3.63, 3.8) is 0 Å². The van der Waals surface area contributed by atoms with Gasteiger partial charge in [-0.25, -0.2) is 13.2 Å². The highest BCUT2D eigenvalue weighted by Gasteiger charge is 2.29. The molecule has 32 heavy (non-hydrogen) atoms. The van der Waals surface area contributed by atoms with Crippen molar-refractivity contribution in [1.29, 1.82) is 0 Å². The van der Waals surface area contributed by atoms with Gasteiger partial charge >= 0.3 is 5.97 Å². The van der Waals surface area contributed by atoms with Crippen molar-refractivity contribution in [3.05, 3.63) is 65.2 Å². The summed E-state index contributed by atoms with van der Waals surface area (Å²) in [5.74, 6) is -1.07. The predicted molar refractivity (Wildman–Crippen MR) is 122 cm³/mol. The third-order valence-corrected chi connectivity index (χ3v) is 7.67. The van der Waals surface area contributed by atoms with E-state index in [1.807, 2.05) is 30.3 Å². The van der Waals surface area contributed by atoms with Crippen molar-refractivity contribution in [3.8, 4) is 0 Å². The summed E-state index contributed by atoms with van der Waals surface area (Å²) < 4.78 is 33.0. The van der Waals surface area contributed by atoms with E-state index in [1.165, 1.54) is 28.3 Å². The standard InChI is InChI=1S/C24H30N2O5S/c1-18-12-13-21(16-22(18)32(29,30)26-14-8-5-9-15-26)24(28)31-19(2)23(27)25(3)17-20-10-6-4-7-11-20/h4,6-7,10-13,16,19H,5,8-9,14-15,17H2,1-3H3. The number of likely N-dealkylation sites (N-methyl/N-ethyl adjacent to an activating group) is 1. The van der Waals surface area contributed by atoms with Crippen LogP contribution in [-0.2, 0) is 26.1 Å². The molecule has 1 saturated heterocycles. The number of sulfonamides is 1. The first-order valence-electron chi connectivity index (χ1n) is 10.8. The molecule has 0 radical (unpaired) electrons. The van der Waals surface area contributed by atoms with E-state index in [9.17, 15) is 18.0 Å². The van der Waals surface area contributed by atoms with Gasteiger partial charge in [-0.1, -0.05) is 42.8 Å². The molecule has 0 N–H and O–H groups in total. The second-order valence-electron chi connectivity index (χ2n) is 8.17. The fourth-order valence-electron chi connectivity index (χ4n) is 3.77. The fraction of sp³-hybridized carbons (Fsp3) is 0.417. The van der Waals surface area contributed by atoms with Gasteiger partial charge in [0.15, 0.2) is 6.10 Å². The predicted octanol–water partition coefficient (Wildman–Crippen LogP) is 3.37.